The molecule has 0 radical (unpaired) electrons. The van der Waals surface area contributed by atoms with Gasteiger partial charge in [0.2, 0.25) is 0 Å². The molecular weight excluding hydrogens is 152 g/mol. The van der Waals surface area contributed by atoms with E-state index in [1.54, 1.807) is 6.92 Å². The van der Waals surface area contributed by atoms with E-state index in [-0.39, 0.29) is 6.04 Å². The van der Waals surface area contributed by atoms with E-state index >= 15 is 0 Å². The van der Waals surface area contributed by atoms with Crippen LogP contribution >= 0.6 is 0 Å². The van der Waals surface area contributed by atoms with Crippen molar-refractivity contribution < 1.29 is 4.79 Å². The highest BCUT2D eigenvalue weighted by Crippen LogP contribution is 2.10. The molecule has 1 atom stereocenters. The van der Waals surface area contributed by atoms with E-state index in [0.717, 1.165) is 12.0 Å². The Bertz CT molecular complexity index is 269. The zero-order valence-electron chi connectivity index (χ0n) is 6.84. The summed E-state index contributed by atoms with van der Waals surface area (Å²) >= 11 is 0. The molecule has 0 aromatic heterocycles. The number of hydrogen-bond acceptors (Lipinski definition) is 3. The average molecular weight is 162 g/mol. The SMILES string of the molecule is CC(C=O)N=Nc1ccccc1. The van der Waals surface area contributed by atoms with Gasteiger partial charge in [-0.25, -0.2) is 0 Å². The van der Waals surface area contributed by atoms with Crippen LogP contribution in [0, 0.1) is 0 Å². The topological polar surface area (TPSA) is 41.8 Å². The summed E-state index contributed by atoms with van der Waals surface area (Å²) in [6.07, 6.45) is 0.756. The number of nitrogens with zero attached hydrogens (tertiary/aromatic N) is 2. The van der Waals surface area contributed by atoms with Gasteiger partial charge in [-0.3, -0.25) is 0 Å². The number of hydrogen-bond donors (Lipinski definition) is 0. The molecule has 1 unspecified atom stereocenters. The normalized spacial score (nSPS) is 13.1. The monoisotopic (exact) mass is 162 g/mol. The van der Waals surface area contributed by atoms with Crippen LogP contribution < -0.4 is 0 Å². The van der Waals surface area contributed by atoms with E-state index in [2.05, 4.69) is 10.2 Å². The Morgan fingerprint density at radius 1 is 1.33 bits per heavy atom. The molecule has 1 rings (SSSR count). The highest BCUT2D eigenvalue weighted by molar-refractivity contribution is 5.56. The fraction of sp³-hybridized carbons (Fsp3) is 0.222. The smallest absolute Gasteiger partial charge is 0.146 e. The van der Waals surface area contributed by atoms with Crippen LogP contribution in [-0.2, 0) is 4.79 Å². The Hall–Kier alpha value is -1.51. The minimum atomic E-state index is -0.356. The quantitative estimate of drug-likeness (QED) is 0.497. The standard InChI is InChI=1S/C9H10N2O/c1-8(7-12)10-11-9-5-3-2-4-6-9/h2-8H,1H3. The Balaban J connectivity index is 2.63. The van der Waals surface area contributed by atoms with E-state index in [1.807, 2.05) is 30.3 Å². The fourth-order valence-corrected chi connectivity index (χ4v) is 0.680. The summed E-state index contributed by atoms with van der Waals surface area (Å²) in [5, 5.41) is 7.64. The van der Waals surface area contributed by atoms with Crippen LogP contribution in [0.15, 0.2) is 40.6 Å². The number of carbonyl (C=O) groups excluding carboxylic acids is 1. The zero-order chi connectivity index (χ0) is 8.81. The summed E-state index contributed by atoms with van der Waals surface area (Å²) in [4.78, 5) is 10.2. The molecule has 0 fully saturated rings. The minimum Gasteiger partial charge on any atom is -0.301 e. The summed E-state index contributed by atoms with van der Waals surface area (Å²) in [6.45, 7) is 1.69. The van der Waals surface area contributed by atoms with Crippen LogP contribution in [0.3, 0.4) is 0 Å². The number of carbonyl (C=O) groups is 1. The molecule has 0 heterocycles. The molecule has 0 aliphatic heterocycles. The molecule has 0 saturated heterocycles. The van der Waals surface area contributed by atoms with Crippen molar-refractivity contribution in [1.29, 1.82) is 0 Å². The van der Waals surface area contributed by atoms with Gasteiger partial charge >= 0.3 is 0 Å². The van der Waals surface area contributed by atoms with Crippen molar-refractivity contribution in [3.8, 4) is 0 Å². The first kappa shape index (κ1) is 8.59. The molecule has 0 spiro atoms. The maximum Gasteiger partial charge on any atom is 0.146 e. The third kappa shape index (κ3) is 2.62. The molecule has 0 aliphatic carbocycles. The highest BCUT2D eigenvalue weighted by Gasteiger charge is 1.92. The van der Waals surface area contributed by atoms with Crippen LogP contribution in [-0.4, -0.2) is 12.3 Å². The summed E-state index contributed by atoms with van der Waals surface area (Å²) in [5.41, 5.74) is 0.770. The molecule has 3 heteroatoms. The van der Waals surface area contributed by atoms with E-state index in [0.29, 0.717) is 0 Å². The van der Waals surface area contributed by atoms with Gasteiger partial charge in [-0.05, 0) is 19.1 Å². The Labute approximate surface area is 71.1 Å². The second-order valence-electron chi connectivity index (χ2n) is 2.43. The molecule has 0 N–H and O–H groups in total. The van der Waals surface area contributed by atoms with Crippen LogP contribution in [0.2, 0.25) is 0 Å². The number of benzene rings is 1. The van der Waals surface area contributed by atoms with Gasteiger partial charge in [-0.15, -0.1) is 0 Å². The second kappa shape index (κ2) is 4.38. The van der Waals surface area contributed by atoms with Crippen LogP contribution in [0.5, 0.6) is 0 Å². The van der Waals surface area contributed by atoms with E-state index in [4.69, 9.17) is 0 Å². The predicted molar refractivity (Wildman–Crippen MR) is 46.5 cm³/mol. The lowest BCUT2D eigenvalue weighted by Crippen LogP contribution is -1.95. The lowest BCUT2D eigenvalue weighted by Gasteiger charge is -1.92. The number of rotatable bonds is 3. The van der Waals surface area contributed by atoms with Crippen molar-refractivity contribution in [2.75, 3.05) is 0 Å². The average Bonchev–Trinajstić information content (AvgIpc) is 2.16. The van der Waals surface area contributed by atoms with Gasteiger partial charge in [0.1, 0.15) is 12.3 Å². The van der Waals surface area contributed by atoms with E-state index < -0.39 is 0 Å². The molecule has 0 aliphatic rings. The van der Waals surface area contributed by atoms with Crippen molar-refractivity contribution >= 4 is 12.0 Å². The Kier molecular flexibility index (Phi) is 3.14. The highest BCUT2D eigenvalue weighted by atomic mass is 16.1. The number of aldehydes is 1. The second-order valence-corrected chi connectivity index (χ2v) is 2.43. The minimum absolute atomic E-state index is 0.356. The maximum absolute atomic E-state index is 10.2. The predicted octanol–water partition coefficient (Wildman–Crippen LogP) is 2.36. The molecule has 1 aromatic carbocycles. The zero-order valence-corrected chi connectivity index (χ0v) is 6.84. The number of azo groups is 1. The third-order valence-corrected chi connectivity index (χ3v) is 1.31. The Morgan fingerprint density at radius 3 is 2.58 bits per heavy atom. The molecule has 12 heavy (non-hydrogen) atoms. The first-order valence-electron chi connectivity index (χ1n) is 3.74. The van der Waals surface area contributed by atoms with Crippen LogP contribution in [0.1, 0.15) is 6.92 Å². The van der Waals surface area contributed by atoms with E-state index in [9.17, 15) is 4.79 Å². The van der Waals surface area contributed by atoms with Crippen molar-refractivity contribution in [2.45, 2.75) is 13.0 Å². The molecule has 0 amide bonds. The maximum atomic E-state index is 10.2. The molecule has 3 nitrogen and oxygen atoms in total. The van der Waals surface area contributed by atoms with Gasteiger partial charge in [0, 0.05) is 0 Å². The third-order valence-electron chi connectivity index (χ3n) is 1.31. The molecule has 0 bridgehead atoms. The molecular formula is C9H10N2O. The summed E-state index contributed by atoms with van der Waals surface area (Å²) in [6, 6.07) is 8.97. The molecule has 0 saturated carbocycles. The fourth-order valence-electron chi connectivity index (χ4n) is 0.680. The van der Waals surface area contributed by atoms with Crippen molar-refractivity contribution in [1.82, 2.24) is 0 Å². The van der Waals surface area contributed by atoms with Gasteiger partial charge in [-0.2, -0.15) is 10.2 Å². The van der Waals surface area contributed by atoms with Crippen molar-refractivity contribution in [3.05, 3.63) is 30.3 Å². The van der Waals surface area contributed by atoms with Gasteiger partial charge in [0.05, 0.1) is 5.69 Å². The van der Waals surface area contributed by atoms with Gasteiger partial charge in [0.15, 0.2) is 0 Å². The van der Waals surface area contributed by atoms with Crippen molar-refractivity contribution in [2.24, 2.45) is 10.2 Å². The lowest BCUT2D eigenvalue weighted by molar-refractivity contribution is -0.108. The van der Waals surface area contributed by atoms with Crippen LogP contribution in [0.4, 0.5) is 5.69 Å². The molecule has 1 aromatic rings. The summed E-state index contributed by atoms with van der Waals surface area (Å²) in [7, 11) is 0. The van der Waals surface area contributed by atoms with Crippen molar-refractivity contribution in [3.63, 3.8) is 0 Å². The first-order chi connectivity index (χ1) is 5.83. The summed E-state index contributed by atoms with van der Waals surface area (Å²) < 4.78 is 0. The lowest BCUT2D eigenvalue weighted by atomic mass is 10.3. The Morgan fingerprint density at radius 2 is 2.00 bits per heavy atom. The van der Waals surface area contributed by atoms with Gasteiger partial charge < -0.3 is 4.79 Å². The van der Waals surface area contributed by atoms with E-state index in [1.165, 1.54) is 0 Å². The summed E-state index contributed by atoms with van der Waals surface area (Å²) in [5.74, 6) is 0. The molecule has 62 valence electrons. The van der Waals surface area contributed by atoms with Crippen LogP contribution in [0.25, 0.3) is 0 Å². The largest absolute Gasteiger partial charge is 0.301 e. The van der Waals surface area contributed by atoms with Gasteiger partial charge in [0.25, 0.3) is 0 Å². The van der Waals surface area contributed by atoms with Gasteiger partial charge in [-0.1, -0.05) is 18.2 Å². The first-order valence-corrected chi connectivity index (χ1v) is 3.74.